The van der Waals surface area contributed by atoms with Gasteiger partial charge >= 0.3 is 0 Å². The van der Waals surface area contributed by atoms with Crippen LogP contribution in [0.15, 0.2) is 28.9 Å². The molecule has 0 radical (unpaired) electrons. The van der Waals surface area contributed by atoms with Gasteiger partial charge in [0.2, 0.25) is 0 Å². The minimum absolute atomic E-state index is 0.573. The van der Waals surface area contributed by atoms with E-state index in [1.165, 1.54) is 0 Å². The quantitative estimate of drug-likeness (QED) is 0.890. The maximum Gasteiger partial charge on any atom is 0.175 e. The van der Waals surface area contributed by atoms with Crippen LogP contribution in [-0.2, 0) is 7.05 Å². The summed E-state index contributed by atoms with van der Waals surface area (Å²) in [6.07, 6.45) is 1.72. The van der Waals surface area contributed by atoms with E-state index in [0.29, 0.717) is 17.1 Å². The zero-order valence-corrected chi connectivity index (χ0v) is 10.7. The fourth-order valence-electron chi connectivity index (χ4n) is 1.42. The lowest BCUT2D eigenvalue weighted by Gasteiger charge is -2.06. The number of aryl methyl sites for hydroxylation is 1. The highest BCUT2D eigenvalue weighted by molar-refractivity contribution is 9.10. The second-order valence-corrected chi connectivity index (χ2v) is 4.39. The number of halogens is 1. The predicted molar refractivity (Wildman–Crippen MR) is 69.8 cm³/mol. The molecule has 0 aliphatic heterocycles. The third-order valence-electron chi connectivity index (χ3n) is 2.21. The van der Waals surface area contributed by atoms with E-state index < -0.39 is 0 Å². The Hall–Kier alpha value is -2.00. The van der Waals surface area contributed by atoms with Crippen molar-refractivity contribution in [3.05, 3.63) is 34.4 Å². The van der Waals surface area contributed by atoms with E-state index in [1.54, 1.807) is 36.1 Å². The first kappa shape index (κ1) is 11.5. The maximum atomic E-state index is 8.76. The molecular formula is C11H10BrN5. The number of nitrogens with zero attached hydrogens (tertiary/aromatic N) is 3. The van der Waals surface area contributed by atoms with Gasteiger partial charge in [0.15, 0.2) is 5.82 Å². The third kappa shape index (κ3) is 2.40. The highest BCUT2D eigenvalue weighted by Gasteiger charge is 2.07. The summed E-state index contributed by atoms with van der Waals surface area (Å²) >= 11 is 3.39. The molecule has 2 rings (SSSR count). The van der Waals surface area contributed by atoms with Gasteiger partial charge in [0, 0.05) is 17.7 Å². The number of aromatic nitrogens is 2. The van der Waals surface area contributed by atoms with Gasteiger partial charge < -0.3 is 11.1 Å². The number of anilines is 3. The largest absolute Gasteiger partial charge is 0.394 e. The summed E-state index contributed by atoms with van der Waals surface area (Å²) in [5.74, 6) is 0.595. The Morgan fingerprint density at radius 2 is 2.29 bits per heavy atom. The molecule has 0 spiro atoms. The van der Waals surface area contributed by atoms with Gasteiger partial charge in [-0.1, -0.05) is 0 Å². The maximum absolute atomic E-state index is 8.76. The van der Waals surface area contributed by atoms with E-state index in [4.69, 9.17) is 11.0 Å². The Bertz CT molecular complexity index is 596. The van der Waals surface area contributed by atoms with Crippen molar-refractivity contribution in [3.63, 3.8) is 0 Å². The monoisotopic (exact) mass is 291 g/mol. The smallest absolute Gasteiger partial charge is 0.175 e. The van der Waals surface area contributed by atoms with Crippen LogP contribution < -0.4 is 11.1 Å². The van der Waals surface area contributed by atoms with E-state index in [2.05, 4.69) is 32.4 Å². The molecule has 0 unspecified atom stereocenters. The van der Waals surface area contributed by atoms with E-state index in [0.717, 1.165) is 10.2 Å². The lowest BCUT2D eigenvalue weighted by Crippen LogP contribution is -1.96. The molecule has 0 amide bonds. The van der Waals surface area contributed by atoms with E-state index >= 15 is 0 Å². The number of rotatable bonds is 2. The Balaban J connectivity index is 2.31. The minimum Gasteiger partial charge on any atom is -0.394 e. The van der Waals surface area contributed by atoms with E-state index in [1.807, 2.05) is 0 Å². The van der Waals surface area contributed by atoms with Crippen LogP contribution in [0.25, 0.3) is 0 Å². The van der Waals surface area contributed by atoms with Crippen LogP contribution in [0.1, 0.15) is 5.56 Å². The Labute approximate surface area is 107 Å². The molecule has 86 valence electrons. The van der Waals surface area contributed by atoms with Crippen molar-refractivity contribution in [2.24, 2.45) is 7.05 Å². The fourth-order valence-corrected chi connectivity index (χ4v) is 1.90. The first-order valence-electron chi connectivity index (χ1n) is 4.86. The van der Waals surface area contributed by atoms with E-state index in [9.17, 15) is 0 Å². The molecule has 1 aromatic heterocycles. The molecule has 0 atom stereocenters. The van der Waals surface area contributed by atoms with Crippen LogP contribution >= 0.6 is 15.9 Å². The Morgan fingerprint density at radius 3 is 2.82 bits per heavy atom. The fraction of sp³-hybridized carbons (Fsp3) is 0.0909. The molecule has 2 aromatic rings. The summed E-state index contributed by atoms with van der Waals surface area (Å²) in [6, 6.07) is 7.34. The van der Waals surface area contributed by atoms with Crippen molar-refractivity contribution in [2.45, 2.75) is 0 Å². The number of nitrogens with one attached hydrogen (secondary N) is 1. The summed E-state index contributed by atoms with van der Waals surface area (Å²) in [5, 5.41) is 16.0. The van der Waals surface area contributed by atoms with Crippen LogP contribution in [0, 0.1) is 11.3 Å². The van der Waals surface area contributed by atoms with Crippen LogP contribution in [0.2, 0.25) is 0 Å². The molecule has 0 aliphatic rings. The topological polar surface area (TPSA) is 79.7 Å². The Morgan fingerprint density at radius 1 is 1.53 bits per heavy atom. The van der Waals surface area contributed by atoms with Crippen LogP contribution in [0.5, 0.6) is 0 Å². The molecule has 5 nitrogen and oxygen atoms in total. The van der Waals surface area contributed by atoms with Crippen molar-refractivity contribution < 1.29 is 0 Å². The van der Waals surface area contributed by atoms with Crippen LogP contribution in [0.3, 0.4) is 0 Å². The number of hydrogen-bond acceptors (Lipinski definition) is 4. The zero-order valence-electron chi connectivity index (χ0n) is 9.11. The lowest BCUT2D eigenvalue weighted by atomic mass is 10.2. The molecule has 0 saturated carbocycles. The first-order valence-corrected chi connectivity index (χ1v) is 5.65. The SMILES string of the molecule is Cn1cc(N)c(Nc2ccc(C#N)cc2Br)n1. The summed E-state index contributed by atoms with van der Waals surface area (Å²) in [5.41, 5.74) is 7.76. The van der Waals surface area contributed by atoms with Crippen LogP contribution in [0.4, 0.5) is 17.2 Å². The highest BCUT2D eigenvalue weighted by Crippen LogP contribution is 2.28. The number of hydrogen-bond donors (Lipinski definition) is 2. The van der Waals surface area contributed by atoms with Gasteiger partial charge in [-0.25, -0.2) is 0 Å². The Kier molecular flexibility index (Phi) is 3.02. The van der Waals surface area contributed by atoms with Gasteiger partial charge in [0.05, 0.1) is 23.0 Å². The molecule has 0 saturated heterocycles. The summed E-state index contributed by atoms with van der Waals surface area (Å²) < 4.78 is 2.43. The second-order valence-electron chi connectivity index (χ2n) is 3.54. The summed E-state index contributed by atoms with van der Waals surface area (Å²) in [7, 11) is 1.80. The number of nitrogens with two attached hydrogens (primary N) is 1. The van der Waals surface area contributed by atoms with Gasteiger partial charge in [-0.2, -0.15) is 10.4 Å². The predicted octanol–water partition coefficient (Wildman–Crippen LogP) is 2.38. The standard InChI is InChI=1S/C11H10BrN5/c1-17-6-9(14)11(16-17)15-10-3-2-7(5-13)4-8(10)12/h2-4,6H,14H2,1H3,(H,15,16). The molecular weight excluding hydrogens is 282 g/mol. The number of nitrogen functional groups attached to an aromatic ring is 1. The van der Waals surface area contributed by atoms with E-state index in [-0.39, 0.29) is 0 Å². The third-order valence-corrected chi connectivity index (χ3v) is 2.86. The second kappa shape index (κ2) is 4.47. The van der Waals surface area contributed by atoms with Gasteiger partial charge in [-0.15, -0.1) is 0 Å². The van der Waals surface area contributed by atoms with Crippen molar-refractivity contribution in [3.8, 4) is 6.07 Å². The molecule has 17 heavy (non-hydrogen) atoms. The highest BCUT2D eigenvalue weighted by atomic mass is 79.9. The molecule has 0 aliphatic carbocycles. The number of benzene rings is 1. The molecule has 1 heterocycles. The van der Waals surface area contributed by atoms with Crippen molar-refractivity contribution in [1.82, 2.24) is 9.78 Å². The zero-order chi connectivity index (χ0) is 12.4. The average molecular weight is 292 g/mol. The number of nitriles is 1. The summed E-state index contributed by atoms with van der Waals surface area (Å²) in [4.78, 5) is 0. The summed E-state index contributed by atoms with van der Waals surface area (Å²) in [6.45, 7) is 0. The van der Waals surface area contributed by atoms with Gasteiger partial charge in [0.25, 0.3) is 0 Å². The average Bonchev–Trinajstić information content (AvgIpc) is 2.60. The van der Waals surface area contributed by atoms with Gasteiger partial charge in [-0.05, 0) is 34.1 Å². The normalized spacial score (nSPS) is 9.94. The van der Waals surface area contributed by atoms with Crippen LogP contribution in [-0.4, -0.2) is 9.78 Å². The first-order chi connectivity index (χ1) is 8.10. The molecule has 6 heteroatoms. The van der Waals surface area contributed by atoms with Crippen molar-refractivity contribution in [1.29, 1.82) is 5.26 Å². The van der Waals surface area contributed by atoms with Crippen molar-refractivity contribution >= 4 is 33.1 Å². The lowest BCUT2D eigenvalue weighted by molar-refractivity contribution is 0.771. The molecule has 1 aromatic carbocycles. The minimum atomic E-state index is 0.573. The molecule has 0 bridgehead atoms. The molecule has 3 N–H and O–H groups in total. The molecule has 0 fully saturated rings. The van der Waals surface area contributed by atoms with Crippen molar-refractivity contribution in [2.75, 3.05) is 11.1 Å². The van der Waals surface area contributed by atoms with Gasteiger partial charge in [0.1, 0.15) is 0 Å². The van der Waals surface area contributed by atoms with Gasteiger partial charge in [-0.3, -0.25) is 4.68 Å².